The summed E-state index contributed by atoms with van der Waals surface area (Å²) in [5, 5.41) is 3.70. The summed E-state index contributed by atoms with van der Waals surface area (Å²) < 4.78 is 22.9. The Labute approximate surface area is 179 Å². The lowest BCUT2D eigenvalue weighted by molar-refractivity contribution is -0.123. The van der Waals surface area contributed by atoms with Crippen LogP contribution in [0.25, 0.3) is 11.4 Å². The number of nitrogens with zero attached hydrogens (tertiary/aromatic N) is 2. The normalized spacial score (nSPS) is 19.9. The van der Waals surface area contributed by atoms with Gasteiger partial charge in [-0.1, -0.05) is 0 Å². The van der Waals surface area contributed by atoms with Crippen LogP contribution in [0.2, 0.25) is 0 Å². The highest BCUT2D eigenvalue weighted by molar-refractivity contribution is 7.12. The predicted molar refractivity (Wildman–Crippen MR) is 110 cm³/mol. The summed E-state index contributed by atoms with van der Waals surface area (Å²) in [5.41, 5.74) is 1.89. The smallest absolute Gasteiger partial charge is 0.261 e. The molecule has 0 radical (unpaired) electrons. The zero-order valence-electron chi connectivity index (χ0n) is 16.1. The number of fused-ring (bicyclic) bond motifs is 3. The summed E-state index contributed by atoms with van der Waals surface area (Å²) in [4.78, 5) is 31.2. The van der Waals surface area contributed by atoms with E-state index in [0.717, 1.165) is 9.75 Å². The predicted octanol–water partition coefficient (Wildman–Crippen LogP) is 2.42. The van der Waals surface area contributed by atoms with E-state index in [0.29, 0.717) is 72.0 Å². The van der Waals surface area contributed by atoms with Crippen LogP contribution in [0.1, 0.15) is 9.75 Å². The zero-order valence-corrected chi connectivity index (χ0v) is 17.8. The third-order valence-electron chi connectivity index (χ3n) is 5.46. The lowest BCUT2D eigenvalue weighted by Gasteiger charge is -2.21. The first-order valence-corrected chi connectivity index (χ1v) is 11.1. The molecule has 0 bridgehead atoms. The minimum atomic E-state index is -0.231. The Morgan fingerprint density at radius 1 is 0.700 bits per heavy atom. The number of rotatable bonds is 2. The molecule has 0 aromatic carbocycles. The minimum Gasteiger partial charge on any atom is -0.485 e. The van der Waals surface area contributed by atoms with Crippen LogP contribution < -0.4 is 18.9 Å². The quantitative estimate of drug-likeness (QED) is 0.708. The van der Waals surface area contributed by atoms with Gasteiger partial charge >= 0.3 is 0 Å². The van der Waals surface area contributed by atoms with E-state index in [9.17, 15) is 9.59 Å². The highest BCUT2D eigenvalue weighted by Gasteiger charge is 2.49. The standard InChI is InChI=1S/C20H16N2O6S2/c1-21-13(17-15-9(7-29-17)25-3-5-27-15)11-12(19(21)23)14(22(2)20(11)24)18-16-10(8-30-18)26-4-6-28-16/h7-8H,3-6H2,1-2H3. The van der Waals surface area contributed by atoms with Crippen LogP contribution in [0.3, 0.4) is 0 Å². The molecule has 0 saturated carbocycles. The molecule has 154 valence electrons. The summed E-state index contributed by atoms with van der Waals surface area (Å²) in [6.07, 6.45) is 0. The Hall–Kier alpha value is -2.98. The van der Waals surface area contributed by atoms with Crippen molar-refractivity contribution < 1.29 is 28.5 Å². The zero-order chi connectivity index (χ0) is 20.6. The summed E-state index contributed by atoms with van der Waals surface area (Å²) in [6.45, 7) is 1.81. The molecule has 2 aromatic heterocycles. The van der Waals surface area contributed by atoms with Gasteiger partial charge in [0, 0.05) is 24.9 Å². The van der Waals surface area contributed by atoms with Gasteiger partial charge in [-0.05, 0) is 0 Å². The molecule has 6 heterocycles. The monoisotopic (exact) mass is 444 g/mol. The van der Waals surface area contributed by atoms with Crippen LogP contribution in [0, 0.1) is 0 Å². The summed E-state index contributed by atoms with van der Waals surface area (Å²) >= 11 is 2.81. The second-order valence-corrected chi connectivity index (χ2v) is 8.85. The topological polar surface area (TPSA) is 77.5 Å². The molecule has 0 fully saturated rings. The fourth-order valence-corrected chi connectivity index (χ4v) is 6.15. The first kappa shape index (κ1) is 17.8. The van der Waals surface area contributed by atoms with E-state index < -0.39 is 0 Å². The number of hydrogen-bond donors (Lipinski definition) is 0. The molecule has 8 nitrogen and oxygen atoms in total. The number of carbonyl (C=O) groups excluding carboxylic acids is 2. The van der Waals surface area contributed by atoms with Crippen LogP contribution >= 0.6 is 22.7 Å². The molecule has 0 atom stereocenters. The number of hydrogen-bond acceptors (Lipinski definition) is 8. The van der Waals surface area contributed by atoms with Crippen LogP contribution in [-0.4, -0.2) is 62.1 Å². The molecule has 2 aromatic rings. The minimum absolute atomic E-state index is 0.231. The van der Waals surface area contributed by atoms with Gasteiger partial charge in [-0.25, -0.2) is 0 Å². The largest absolute Gasteiger partial charge is 0.485 e. The van der Waals surface area contributed by atoms with Gasteiger partial charge in [0.15, 0.2) is 23.0 Å². The van der Waals surface area contributed by atoms with Gasteiger partial charge in [0.25, 0.3) is 11.8 Å². The fraction of sp³-hybridized carbons (Fsp3) is 0.300. The fourth-order valence-electron chi connectivity index (χ4n) is 4.11. The average Bonchev–Trinajstić information content (AvgIpc) is 3.49. The number of likely N-dealkylation sites (N-methyl/N-ethyl adjacent to an activating group) is 2. The van der Waals surface area contributed by atoms with Crippen molar-refractivity contribution in [3.05, 3.63) is 31.7 Å². The molecule has 10 heteroatoms. The first-order chi connectivity index (χ1) is 14.6. The molecular formula is C20H16N2O6S2. The van der Waals surface area contributed by atoms with E-state index in [1.54, 1.807) is 14.1 Å². The molecule has 0 unspecified atom stereocenters. The van der Waals surface area contributed by atoms with Crippen molar-refractivity contribution in [3.8, 4) is 23.0 Å². The summed E-state index contributed by atoms with van der Waals surface area (Å²) in [5.74, 6) is 2.00. The highest BCUT2D eigenvalue weighted by Crippen LogP contribution is 2.54. The van der Waals surface area contributed by atoms with Crippen molar-refractivity contribution in [3.63, 3.8) is 0 Å². The van der Waals surface area contributed by atoms with Crippen molar-refractivity contribution in [2.75, 3.05) is 40.5 Å². The number of thiophene rings is 2. The van der Waals surface area contributed by atoms with Gasteiger partial charge < -0.3 is 28.7 Å². The lowest BCUT2D eigenvalue weighted by atomic mass is 10.1. The van der Waals surface area contributed by atoms with Gasteiger partial charge in [-0.3, -0.25) is 9.59 Å². The molecule has 0 spiro atoms. The summed E-state index contributed by atoms with van der Waals surface area (Å²) in [6, 6.07) is 0. The maximum atomic E-state index is 13.3. The van der Waals surface area contributed by atoms with E-state index in [4.69, 9.17) is 18.9 Å². The number of amides is 2. The Morgan fingerprint density at radius 2 is 1.10 bits per heavy atom. The number of ether oxygens (including phenoxy) is 4. The Balaban J connectivity index is 1.58. The van der Waals surface area contributed by atoms with Crippen LogP contribution in [0.5, 0.6) is 23.0 Å². The van der Waals surface area contributed by atoms with E-state index >= 15 is 0 Å². The van der Waals surface area contributed by atoms with Gasteiger partial charge in [0.2, 0.25) is 0 Å². The Kier molecular flexibility index (Phi) is 3.72. The Morgan fingerprint density at radius 3 is 1.53 bits per heavy atom. The highest BCUT2D eigenvalue weighted by atomic mass is 32.1. The average molecular weight is 444 g/mol. The molecule has 4 aliphatic heterocycles. The first-order valence-electron chi connectivity index (χ1n) is 9.38. The van der Waals surface area contributed by atoms with Crippen molar-refractivity contribution in [2.24, 2.45) is 0 Å². The van der Waals surface area contributed by atoms with Crippen LogP contribution in [-0.2, 0) is 9.59 Å². The molecular weight excluding hydrogens is 428 g/mol. The van der Waals surface area contributed by atoms with E-state index in [1.165, 1.54) is 32.5 Å². The van der Waals surface area contributed by atoms with Gasteiger partial charge in [0.05, 0.1) is 32.3 Å². The van der Waals surface area contributed by atoms with Crippen LogP contribution in [0.15, 0.2) is 21.9 Å². The molecule has 30 heavy (non-hydrogen) atoms. The maximum Gasteiger partial charge on any atom is 0.261 e. The second-order valence-electron chi connectivity index (χ2n) is 7.09. The van der Waals surface area contributed by atoms with Crippen molar-refractivity contribution in [1.29, 1.82) is 0 Å². The van der Waals surface area contributed by atoms with Crippen molar-refractivity contribution in [2.45, 2.75) is 0 Å². The van der Waals surface area contributed by atoms with Gasteiger partial charge in [-0.2, -0.15) is 0 Å². The maximum absolute atomic E-state index is 13.3. The van der Waals surface area contributed by atoms with Crippen LogP contribution in [0.4, 0.5) is 0 Å². The van der Waals surface area contributed by atoms with Gasteiger partial charge in [-0.15, -0.1) is 22.7 Å². The SMILES string of the molecule is CN1C(=O)C2=C(c3scc4c3OCCO4)N(C)C(=O)C2=C1c1scc2c1OCCO2. The second kappa shape index (κ2) is 6.26. The van der Waals surface area contributed by atoms with E-state index in [1.807, 2.05) is 10.8 Å². The lowest BCUT2D eigenvalue weighted by Crippen LogP contribution is -2.25. The van der Waals surface area contributed by atoms with E-state index in [2.05, 4.69) is 0 Å². The summed E-state index contributed by atoms with van der Waals surface area (Å²) in [7, 11) is 3.36. The molecule has 2 amide bonds. The number of carbonyl (C=O) groups is 2. The molecule has 0 saturated heterocycles. The molecule has 6 rings (SSSR count). The third kappa shape index (κ3) is 2.20. The van der Waals surface area contributed by atoms with Crippen molar-refractivity contribution >= 4 is 45.9 Å². The molecule has 4 aliphatic rings. The van der Waals surface area contributed by atoms with Crippen molar-refractivity contribution in [1.82, 2.24) is 9.80 Å². The van der Waals surface area contributed by atoms with Gasteiger partial charge in [0.1, 0.15) is 26.4 Å². The van der Waals surface area contributed by atoms with E-state index in [-0.39, 0.29) is 11.8 Å². The molecule has 0 N–H and O–H groups in total. The third-order valence-corrected chi connectivity index (χ3v) is 7.36. The Bertz CT molecular complexity index is 1100. The molecule has 0 aliphatic carbocycles.